The van der Waals surface area contributed by atoms with Crippen LogP contribution in [0.1, 0.15) is 22.5 Å². The predicted molar refractivity (Wildman–Crippen MR) is 83.1 cm³/mol. The Morgan fingerprint density at radius 2 is 2.24 bits per heavy atom. The fourth-order valence-electron chi connectivity index (χ4n) is 2.55. The topological polar surface area (TPSA) is 78.5 Å². The third kappa shape index (κ3) is 3.82. The van der Waals surface area contributed by atoms with Gasteiger partial charge in [0, 0.05) is 18.5 Å². The number of nitrogens with zero attached hydrogens (tertiary/aromatic N) is 1. The molecule has 1 unspecified atom stereocenters. The van der Waals surface area contributed by atoms with Crippen LogP contribution in [-0.4, -0.2) is 53.0 Å². The van der Waals surface area contributed by atoms with Crippen molar-refractivity contribution >= 4 is 27.3 Å². The fraction of sp³-hybridized carbons (Fsp3) is 0.615. The minimum atomic E-state index is -3.48. The first kappa shape index (κ1) is 16.4. The highest BCUT2D eigenvalue weighted by Crippen LogP contribution is 2.23. The van der Waals surface area contributed by atoms with E-state index in [1.54, 1.807) is 0 Å². The molecule has 1 aromatic heterocycles. The standard InChI is InChI=1S/C13H21N3O3S2/c1-14-7-10-4-3-5-16(8-10)13(17)12-6-11(9-20-12)21(18,19)15-2/h6,9-10,14-15H,3-5,7-8H2,1-2H3. The van der Waals surface area contributed by atoms with Gasteiger partial charge in [-0.15, -0.1) is 11.3 Å². The van der Waals surface area contributed by atoms with Crippen molar-refractivity contribution in [3.63, 3.8) is 0 Å². The third-order valence-electron chi connectivity index (χ3n) is 3.66. The number of piperidine rings is 1. The molecule has 6 nitrogen and oxygen atoms in total. The first-order valence-electron chi connectivity index (χ1n) is 6.94. The van der Waals surface area contributed by atoms with E-state index in [1.807, 2.05) is 11.9 Å². The van der Waals surface area contributed by atoms with Crippen LogP contribution in [0.4, 0.5) is 0 Å². The summed E-state index contributed by atoms with van der Waals surface area (Å²) in [5.41, 5.74) is 0. The molecule has 21 heavy (non-hydrogen) atoms. The van der Waals surface area contributed by atoms with E-state index in [0.717, 1.165) is 32.5 Å². The van der Waals surface area contributed by atoms with Crippen molar-refractivity contribution < 1.29 is 13.2 Å². The summed E-state index contributed by atoms with van der Waals surface area (Å²) in [4.78, 5) is 14.9. The van der Waals surface area contributed by atoms with Crippen LogP contribution in [0.5, 0.6) is 0 Å². The highest BCUT2D eigenvalue weighted by atomic mass is 32.2. The van der Waals surface area contributed by atoms with Gasteiger partial charge in [0.2, 0.25) is 10.0 Å². The number of amides is 1. The molecule has 8 heteroatoms. The Balaban J connectivity index is 2.10. The van der Waals surface area contributed by atoms with Gasteiger partial charge >= 0.3 is 0 Å². The molecule has 0 bridgehead atoms. The second-order valence-corrected chi connectivity index (χ2v) is 7.97. The van der Waals surface area contributed by atoms with E-state index < -0.39 is 10.0 Å². The molecule has 1 atom stereocenters. The summed E-state index contributed by atoms with van der Waals surface area (Å²) in [5, 5.41) is 4.65. The Bertz CT molecular complexity index is 596. The van der Waals surface area contributed by atoms with Crippen molar-refractivity contribution in [2.75, 3.05) is 33.7 Å². The summed E-state index contributed by atoms with van der Waals surface area (Å²) < 4.78 is 25.7. The Hall–Kier alpha value is -0.960. The predicted octanol–water partition coefficient (Wildman–Crippen LogP) is 0.728. The zero-order valence-corrected chi connectivity index (χ0v) is 13.9. The van der Waals surface area contributed by atoms with E-state index in [-0.39, 0.29) is 10.8 Å². The molecule has 2 rings (SSSR count). The number of rotatable bonds is 5. The van der Waals surface area contributed by atoms with Crippen LogP contribution in [-0.2, 0) is 10.0 Å². The van der Waals surface area contributed by atoms with Crippen molar-refractivity contribution in [3.8, 4) is 0 Å². The Morgan fingerprint density at radius 1 is 1.48 bits per heavy atom. The van der Waals surface area contributed by atoms with Crippen molar-refractivity contribution in [2.45, 2.75) is 17.7 Å². The maximum absolute atomic E-state index is 12.5. The minimum absolute atomic E-state index is 0.0710. The van der Waals surface area contributed by atoms with E-state index in [0.29, 0.717) is 10.8 Å². The van der Waals surface area contributed by atoms with Gasteiger partial charge < -0.3 is 10.2 Å². The lowest BCUT2D eigenvalue weighted by atomic mass is 9.98. The van der Waals surface area contributed by atoms with Crippen LogP contribution in [0.15, 0.2) is 16.3 Å². The van der Waals surface area contributed by atoms with E-state index >= 15 is 0 Å². The molecule has 1 aliphatic heterocycles. The number of hydrogen-bond acceptors (Lipinski definition) is 5. The van der Waals surface area contributed by atoms with E-state index in [9.17, 15) is 13.2 Å². The average molecular weight is 331 g/mol. The van der Waals surface area contributed by atoms with Gasteiger partial charge in [-0.25, -0.2) is 13.1 Å². The summed E-state index contributed by atoms with van der Waals surface area (Å²) in [7, 11) is -0.207. The largest absolute Gasteiger partial charge is 0.338 e. The Labute approximate surface area is 129 Å². The second-order valence-electron chi connectivity index (χ2n) is 5.17. The van der Waals surface area contributed by atoms with E-state index in [1.165, 1.54) is 29.8 Å². The molecule has 1 aliphatic rings. The van der Waals surface area contributed by atoms with Gasteiger partial charge in [-0.05, 0) is 45.5 Å². The molecule has 0 radical (unpaired) electrons. The number of carbonyl (C=O) groups excluding carboxylic acids is 1. The third-order valence-corrected chi connectivity index (χ3v) is 6.13. The molecule has 0 aromatic carbocycles. The zero-order chi connectivity index (χ0) is 15.5. The molecule has 2 heterocycles. The van der Waals surface area contributed by atoms with Crippen LogP contribution in [0, 0.1) is 5.92 Å². The van der Waals surface area contributed by atoms with Crippen LogP contribution in [0.3, 0.4) is 0 Å². The molecular formula is C13H21N3O3S2. The van der Waals surface area contributed by atoms with Crippen molar-refractivity contribution in [3.05, 3.63) is 16.3 Å². The van der Waals surface area contributed by atoms with Crippen molar-refractivity contribution in [1.29, 1.82) is 0 Å². The lowest BCUT2D eigenvalue weighted by Gasteiger charge is -2.32. The molecule has 1 fully saturated rings. The number of likely N-dealkylation sites (tertiary alicyclic amines) is 1. The lowest BCUT2D eigenvalue weighted by Crippen LogP contribution is -2.42. The molecule has 0 spiro atoms. The van der Waals surface area contributed by atoms with Crippen LogP contribution < -0.4 is 10.0 Å². The molecule has 1 saturated heterocycles. The summed E-state index contributed by atoms with van der Waals surface area (Å²) in [6.45, 7) is 2.37. The van der Waals surface area contributed by atoms with Gasteiger partial charge in [-0.3, -0.25) is 4.79 Å². The minimum Gasteiger partial charge on any atom is -0.338 e. The molecule has 118 valence electrons. The number of sulfonamides is 1. The van der Waals surface area contributed by atoms with Gasteiger partial charge in [0.05, 0.1) is 9.77 Å². The van der Waals surface area contributed by atoms with Gasteiger partial charge in [-0.2, -0.15) is 0 Å². The molecule has 1 aromatic rings. The summed E-state index contributed by atoms with van der Waals surface area (Å²) in [5.74, 6) is 0.395. The Morgan fingerprint density at radius 3 is 2.90 bits per heavy atom. The smallest absolute Gasteiger partial charge is 0.263 e. The summed E-state index contributed by atoms with van der Waals surface area (Å²) in [6, 6.07) is 1.46. The number of hydrogen-bond donors (Lipinski definition) is 2. The highest BCUT2D eigenvalue weighted by Gasteiger charge is 2.26. The first-order valence-corrected chi connectivity index (χ1v) is 9.30. The van der Waals surface area contributed by atoms with Crippen LogP contribution in [0.2, 0.25) is 0 Å². The average Bonchev–Trinajstić information content (AvgIpc) is 2.98. The normalized spacial score (nSPS) is 19.7. The molecule has 1 amide bonds. The molecule has 0 saturated carbocycles. The molecular weight excluding hydrogens is 310 g/mol. The van der Waals surface area contributed by atoms with Gasteiger partial charge in [-0.1, -0.05) is 0 Å². The summed E-state index contributed by atoms with van der Waals surface area (Å²) in [6.07, 6.45) is 2.11. The lowest BCUT2D eigenvalue weighted by molar-refractivity contribution is 0.0679. The Kier molecular flexibility index (Phi) is 5.37. The first-order chi connectivity index (χ1) is 9.97. The van der Waals surface area contributed by atoms with Gasteiger partial charge in [0.25, 0.3) is 5.91 Å². The number of thiophene rings is 1. The van der Waals surface area contributed by atoms with E-state index in [4.69, 9.17) is 0 Å². The maximum atomic E-state index is 12.5. The fourth-order valence-corrected chi connectivity index (χ4v) is 4.52. The quantitative estimate of drug-likeness (QED) is 0.834. The van der Waals surface area contributed by atoms with E-state index in [2.05, 4.69) is 10.0 Å². The maximum Gasteiger partial charge on any atom is 0.263 e. The summed E-state index contributed by atoms with van der Waals surface area (Å²) >= 11 is 1.18. The zero-order valence-electron chi connectivity index (χ0n) is 12.3. The second kappa shape index (κ2) is 6.87. The monoisotopic (exact) mass is 331 g/mol. The molecule has 0 aliphatic carbocycles. The van der Waals surface area contributed by atoms with Crippen LogP contribution >= 0.6 is 11.3 Å². The SMILES string of the molecule is CNCC1CCCN(C(=O)c2cc(S(=O)(=O)NC)cs2)C1. The van der Waals surface area contributed by atoms with Gasteiger partial charge in [0.1, 0.15) is 0 Å². The van der Waals surface area contributed by atoms with Crippen molar-refractivity contribution in [2.24, 2.45) is 5.92 Å². The highest BCUT2D eigenvalue weighted by molar-refractivity contribution is 7.89. The van der Waals surface area contributed by atoms with Crippen molar-refractivity contribution in [1.82, 2.24) is 14.9 Å². The number of nitrogens with one attached hydrogen (secondary N) is 2. The van der Waals surface area contributed by atoms with Crippen LogP contribution in [0.25, 0.3) is 0 Å². The molecule has 2 N–H and O–H groups in total. The van der Waals surface area contributed by atoms with Gasteiger partial charge in [0.15, 0.2) is 0 Å². The number of carbonyl (C=O) groups is 1.